The van der Waals surface area contributed by atoms with Crippen LogP contribution in [0.15, 0.2) is 61.7 Å². The number of carbonyl (C=O) groups is 1. The van der Waals surface area contributed by atoms with Gasteiger partial charge in [0.15, 0.2) is 17.3 Å². The van der Waals surface area contributed by atoms with E-state index < -0.39 is 0 Å². The molecule has 0 saturated heterocycles. The van der Waals surface area contributed by atoms with E-state index in [0.717, 1.165) is 11.1 Å². The van der Waals surface area contributed by atoms with Crippen LogP contribution in [0.3, 0.4) is 0 Å². The van der Waals surface area contributed by atoms with Gasteiger partial charge in [-0.3, -0.25) is 4.79 Å². The first kappa shape index (κ1) is 20.0. The van der Waals surface area contributed by atoms with E-state index >= 15 is 0 Å². The van der Waals surface area contributed by atoms with E-state index in [2.05, 4.69) is 20.1 Å². The molecule has 31 heavy (non-hydrogen) atoms. The minimum atomic E-state index is -0.236. The summed E-state index contributed by atoms with van der Waals surface area (Å²) in [6, 6.07) is 8.66. The lowest BCUT2D eigenvalue weighted by Crippen LogP contribution is -2.09. The molecule has 0 aliphatic carbocycles. The molecule has 0 amide bonds. The van der Waals surface area contributed by atoms with Crippen LogP contribution in [-0.4, -0.2) is 51.8 Å². The molecule has 0 spiro atoms. The second-order valence-electron chi connectivity index (χ2n) is 6.44. The maximum Gasteiger partial charge on any atom is 0.203 e. The Hall–Kier alpha value is -4.27. The predicted molar refractivity (Wildman–Crippen MR) is 112 cm³/mol. The number of methoxy groups -OCH3 is 3. The molecule has 4 aromatic rings. The molecular weight excluding hydrogens is 398 g/mol. The first-order chi connectivity index (χ1) is 15.2. The lowest BCUT2D eigenvalue weighted by molar-refractivity contribution is 0.103. The maximum absolute atomic E-state index is 13.5. The molecule has 0 saturated carbocycles. The van der Waals surface area contributed by atoms with E-state index in [0.29, 0.717) is 34.1 Å². The summed E-state index contributed by atoms with van der Waals surface area (Å²) in [6.07, 6.45) is 7.81. The summed E-state index contributed by atoms with van der Waals surface area (Å²) in [5.41, 5.74) is 3.04. The van der Waals surface area contributed by atoms with Gasteiger partial charge in [-0.2, -0.15) is 5.10 Å². The Kier molecular flexibility index (Phi) is 5.57. The third-order valence-electron chi connectivity index (χ3n) is 4.73. The van der Waals surface area contributed by atoms with Gasteiger partial charge in [0.05, 0.1) is 27.0 Å². The second kappa shape index (κ2) is 8.62. The van der Waals surface area contributed by atoms with Gasteiger partial charge in [-0.25, -0.2) is 19.6 Å². The summed E-state index contributed by atoms with van der Waals surface area (Å²) < 4.78 is 17.7. The predicted octanol–water partition coefficient (Wildman–Crippen LogP) is 2.98. The van der Waals surface area contributed by atoms with Crippen LogP contribution in [0.5, 0.6) is 17.2 Å². The van der Waals surface area contributed by atoms with E-state index in [1.165, 1.54) is 40.3 Å². The standard InChI is InChI=1S/C22H19N5O4/c1-29-19-7-15(8-20(30-2)22(19)31-3)21(28)17-5-4-14(16-9-23-11-24-10-16)6-18(17)27-13-25-12-26-27/h4-13H,1-3H3. The SMILES string of the molecule is COc1cc(C(=O)c2ccc(-c3cncnc3)cc2-n2cncn2)cc(OC)c1OC. The van der Waals surface area contributed by atoms with E-state index in [4.69, 9.17) is 14.2 Å². The Morgan fingerprint density at radius 3 is 2.13 bits per heavy atom. The van der Waals surface area contributed by atoms with Gasteiger partial charge >= 0.3 is 0 Å². The van der Waals surface area contributed by atoms with Crippen molar-refractivity contribution in [3.05, 3.63) is 72.8 Å². The van der Waals surface area contributed by atoms with Crippen molar-refractivity contribution < 1.29 is 19.0 Å². The zero-order valence-electron chi connectivity index (χ0n) is 17.1. The second-order valence-corrected chi connectivity index (χ2v) is 6.44. The monoisotopic (exact) mass is 417 g/mol. The van der Waals surface area contributed by atoms with Crippen molar-refractivity contribution in [2.75, 3.05) is 21.3 Å². The number of ketones is 1. The van der Waals surface area contributed by atoms with Crippen LogP contribution < -0.4 is 14.2 Å². The molecule has 0 aliphatic rings. The molecule has 9 heteroatoms. The molecule has 2 aromatic carbocycles. The maximum atomic E-state index is 13.5. The lowest BCUT2D eigenvalue weighted by Gasteiger charge is -2.15. The minimum absolute atomic E-state index is 0.236. The number of benzene rings is 2. The summed E-state index contributed by atoms with van der Waals surface area (Å²) >= 11 is 0. The average Bonchev–Trinajstić information content (AvgIpc) is 3.37. The van der Waals surface area contributed by atoms with Crippen LogP contribution in [-0.2, 0) is 0 Å². The number of nitrogens with zero attached hydrogens (tertiary/aromatic N) is 5. The molecular formula is C22H19N5O4. The van der Waals surface area contributed by atoms with Crippen molar-refractivity contribution in [2.45, 2.75) is 0 Å². The van der Waals surface area contributed by atoms with Crippen LogP contribution in [0.2, 0.25) is 0 Å². The number of carbonyl (C=O) groups excluding carboxylic acids is 1. The van der Waals surface area contributed by atoms with Crippen molar-refractivity contribution in [1.82, 2.24) is 24.7 Å². The van der Waals surface area contributed by atoms with Crippen molar-refractivity contribution in [2.24, 2.45) is 0 Å². The Bertz CT molecular complexity index is 1190. The van der Waals surface area contributed by atoms with E-state index in [1.807, 2.05) is 12.1 Å². The van der Waals surface area contributed by atoms with Crippen LogP contribution >= 0.6 is 0 Å². The molecule has 0 bridgehead atoms. The molecule has 0 unspecified atom stereocenters. The fraction of sp³-hybridized carbons (Fsp3) is 0.136. The lowest BCUT2D eigenvalue weighted by atomic mass is 9.97. The molecule has 156 valence electrons. The van der Waals surface area contributed by atoms with Gasteiger partial charge in [0, 0.05) is 29.1 Å². The third kappa shape index (κ3) is 3.80. The van der Waals surface area contributed by atoms with Crippen LogP contribution in [0, 0.1) is 0 Å². The van der Waals surface area contributed by atoms with Crippen molar-refractivity contribution in [3.63, 3.8) is 0 Å². The van der Waals surface area contributed by atoms with Crippen molar-refractivity contribution >= 4 is 5.78 Å². The number of hydrogen-bond donors (Lipinski definition) is 0. The molecule has 2 aromatic heterocycles. The molecule has 9 nitrogen and oxygen atoms in total. The highest BCUT2D eigenvalue weighted by atomic mass is 16.5. The largest absolute Gasteiger partial charge is 0.493 e. The summed E-state index contributed by atoms with van der Waals surface area (Å²) in [5, 5.41) is 4.21. The highest BCUT2D eigenvalue weighted by Gasteiger charge is 2.21. The minimum Gasteiger partial charge on any atom is -0.493 e. The summed E-state index contributed by atoms with van der Waals surface area (Å²) in [5.74, 6) is 0.967. The van der Waals surface area contributed by atoms with Crippen molar-refractivity contribution in [1.29, 1.82) is 0 Å². The molecule has 4 rings (SSSR count). The van der Waals surface area contributed by atoms with Crippen LogP contribution in [0.4, 0.5) is 0 Å². The van der Waals surface area contributed by atoms with E-state index in [9.17, 15) is 4.79 Å². The molecule has 0 fully saturated rings. The van der Waals surface area contributed by atoms with Crippen LogP contribution in [0.1, 0.15) is 15.9 Å². The van der Waals surface area contributed by atoms with Gasteiger partial charge < -0.3 is 14.2 Å². The molecule has 0 radical (unpaired) electrons. The van der Waals surface area contributed by atoms with E-state index in [1.54, 1.807) is 35.3 Å². The topological polar surface area (TPSA) is 101 Å². The van der Waals surface area contributed by atoms with Gasteiger partial charge in [0.2, 0.25) is 5.75 Å². The van der Waals surface area contributed by atoms with Gasteiger partial charge in [-0.15, -0.1) is 0 Å². The summed E-state index contributed by atoms with van der Waals surface area (Å²) in [4.78, 5) is 25.6. The van der Waals surface area contributed by atoms with Gasteiger partial charge in [0.25, 0.3) is 0 Å². The molecule has 0 N–H and O–H groups in total. The highest BCUT2D eigenvalue weighted by molar-refractivity contribution is 6.12. The molecule has 0 aliphatic heterocycles. The normalized spacial score (nSPS) is 10.5. The molecule has 2 heterocycles. The van der Waals surface area contributed by atoms with Gasteiger partial charge in [-0.05, 0) is 29.8 Å². The Labute approximate surface area is 178 Å². The number of rotatable bonds is 7. The first-order valence-electron chi connectivity index (χ1n) is 9.25. The smallest absolute Gasteiger partial charge is 0.203 e. The fourth-order valence-electron chi connectivity index (χ4n) is 3.24. The first-order valence-corrected chi connectivity index (χ1v) is 9.25. The Balaban J connectivity index is 1.85. The zero-order valence-corrected chi connectivity index (χ0v) is 17.1. The van der Waals surface area contributed by atoms with Gasteiger partial charge in [-0.1, -0.05) is 6.07 Å². The average molecular weight is 417 g/mol. The summed E-state index contributed by atoms with van der Waals surface area (Å²) in [7, 11) is 4.52. The highest BCUT2D eigenvalue weighted by Crippen LogP contribution is 2.39. The van der Waals surface area contributed by atoms with E-state index in [-0.39, 0.29) is 5.78 Å². The fourth-order valence-corrected chi connectivity index (χ4v) is 3.24. The van der Waals surface area contributed by atoms with Crippen molar-refractivity contribution in [3.8, 4) is 34.1 Å². The Morgan fingerprint density at radius 1 is 0.839 bits per heavy atom. The number of ether oxygens (including phenoxy) is 3. The summed E-state index contributed by atoms with van der Waals surface area (Å²) in [6.45, 7) is 0. The number of aromatic nitrogens is 5. The Morgan fingerprint density at radius 2 is 1.55 bits per heavy atom. The quantitative estimate of drug-likeness (QED) is 0.423. The number of hydrogen-bond acceptors (Lipinski definition) is 8. The third-order valence-corrected chi connectivity index (χ3v) is 4.73. The zero-order chi connectivity index (χ0) is 21.8. The molecule has 0 atom stereocenters. The van der Waals surface area contributed by atoms with Gasteiger partial charge in [0.1, 0.15) is 19.0 Å². The van der Waals surface area contributed by atoms with Crippen LogP contribution in [0.25, 0.3) is 16.8 Å².